The van der Waals surface area contributed by atoms with E-state index in [-0.39, 0.29) is 23.8 Å². The highest BCUT2D eigenvalue weighted by atomic mass is 16.5. The zero-order chi connectivity index (χ0) is 24.2. The summed E-state index contributed by atoms with van der Waals surface area (Å²) in [5.41, 5.74) is 1.57. The summed E-state index contributed by atoms with van der Waals surface area (Å²) < 4.78 is 6.05. The van der Waals surface area contributed by atoms with Crippen LogP contribution in [0.15, 0.2) is 60.7 Å². The van der Waals surface area contributed by atoms with Crippen LogP contribution in [0.2, 0.25) is 0 Å². The van der Waals surface area contributed by atoms with E-state index in [0.717, 1.165) is 5.39 Å². The Labute approximate surface area is 198 Å². The number of carbonyl (C=O) groups excluding carboxylic acids is 3. The number of amides is 3. The molecule has 4 rings (SSSR count). The summed E-state index contributed by atoms with van der Waals surface area (Å²) in [6, 6.07) is 17.8. The van der Waals surface area contributed by atoms with Gasteiger partial charge in [-0.25, -0.2) is 4.98 Å². The number of nitrogens with zero attached hydrogens (tertiary/aromatic N) is 3. The van der Waals surface area contributed by atoms with Gasteiger partial charge in [0.05, 0.1) is 5.52 Å². The monoisotopic (exact) mass is 460 g/mol. The van der Waals surface area contributed by atoms with E-state index in [0.29, 0.717) is 42.2 Å². The van der Waals surface area contributed by atoms with Gasteiger partial charge >= 0.3 is 0 Å². The van der Waals surface area contributed by atoms with E-state index in [1.165, 1.54) is 0 Å². The fraction of sp³-hybridized carbons (Fsp3) is 0.308. The van der Waals surface area contributed by atoms with Gasteiger partial charge in [-0.15, -0.1) is 0 Å². The van der Waals surface area contributed by atoms with Gasteiger partial charge in [-0.3, -0.25) is 14.4 Å². The second-order valence-electron chi connectivity index (χ2n) is 8.36. The largest absolute Gasteiger partial charge is 0.480 e. The number of benzene rings is 2. The van der Waals surface area contributed by atoms with Crippen LogP contribution < -0.4 is 10.1 Å². The molecular weight excluding hydrogens is 432 g/mol. The smallest absolute Gasteiger partial charge is 0.269 e. The molecule has 1 aromatic heterocycles. The van der Waals surface area contributed by atoms with Gasteiger partial charge in [0.2, 0.25) is 0 Å². The molecule has 1 aliphatic heterocycles. The lowest BCUT2D eigenvalue weighted by molar-refractivity contribution is -0.142. The molecule has 2 atom stereocenters. The predicted molar refractivity (Wildman–Crippen MR) is 129 cm³/mol. The third kappa shape index (κ3) is 4.71. The molecule has 8 heteroatoms. The summed E-state index contributed by atoms with van der Waals surface area (Å²) in [4.78, 5) is 45.8. The maximum atomic E-state index is 13.2. The van der Waals surface area contributed by atoms with Gasteiger partial charge in [-0.05, 0) is 50.2 Å². The van der Waals surface area contributed by atoms with Crippen molar-refractivity contribution < 1.29 is 19.1 Å². The molecule has 1 saturated heterocycles. The molecule has 3 aromatic rings. The van der Waals surface area contributed by atoms with Crippen LogP contribution in [-0.4, -0.2) is 71.3 Å². The number of pyridine rings is 1. The van der Waals surface area contributed by atoms with Crippen molar-refractivity contribution in [3.05, 3.63) is 71.9 Å². The second-order valence-corrected chi connectivity index (χ2v) is 8.36. The van der Waals surface area contributed by atoms with E-state index in [4.69, 9.17) is 4.74 Å². The van der Waals surface area contributed by atoms with Gasteiger partial charge in [-0.1, -0.05) is 24.3 Å². The minimum absolute atomic E-state index is 0.0248. The van der Waals surface area contributed by atoms with E-state index < -0.39 is 6.10 Å². The van der Waals surface area contributed by atoms with E-state index in [9.17, 15) is 14.4 Å². The number of carbonyl (C=O) groups is 3. The molecule has 2 aromatic carbocycles. The Morgan fingerprint density at radius 2 is 1.79 bits per heavy atom. The van der Waals surface area contributed by atoms with Crippen LogP contribution in [0.5, 0.6) is 5.75 Å². The Morgan fingerprint density at radius 1 is 1.03 bits per heavy atom. The molecule has 1 fully saturated rings. The average Bonchev–Trinajstić information content (AvgIpc) is 2.87. The molecule has 0 aliphatic carbocycles. The van der Waals surface area contributed by atoms with Crippen molar-refractivity contribution in [3.63, 3.8) is 0 Å². The summed E-state index contributed by atoms with van der Waals surface area (Å²) in [6.45, 7) is 5.04. The molecule has 0 saturated carbocycles. The van der Waals surface area contributed by atoms with Gasteiger partial charge in [-0.2, -0.15) is 0 Å². The molecule has 0 bridgehead atoms. The van der Waals surface area contributed by atoms with Gasteiger partial charge < -0.3 is 19.9 Å². The van der Waals surface area contributed by atoms with Crippen molar-refractivity contribution in [1.29, 1.82) is 0 Å². The first-order chi connectivity index (χ1) is 16.4. The van der Waals surface area contributed by atoms with Crippen LogP contribution >= 0.6 is 0 Å². The quantitative estimate of drug-likeness (QED) is 0.632. The van der Waals surface area contributed by atoms with Crippen LogP contribution in [0.3, 0.4) is 0 Å². The molecule has 176 valence electrons. The minimum atomic E-state index is -0.719. The summed E-state index contributed by atoms with van der Waals surface area (Å²) >= 11 is 0. The van der Waals surface area contributed by atoms with E-state index in [1.54, 1.807) is 66.2 Å². The van der Waals surface area contributed by atoms with Crippen molar-refractivity contribution in [2.75, 3.05) is 26.7 Å². The van der Waals surface area contributed by atoms with Crippen molar-refractivity contribution in [2.24, 2.45) is 0 Å². The van der Waals surface area contributed by atoms with Gasteiger partial charge in [0.25, 0.3) is 17.7 Å². The first-order valence-electron chi connectivity index (χ1n) is 11.3. The fourth-order valence-electron chi connectivity index (χ4n) is 4.19. The first kappa shape index (κ1) is 23.2. The Kier molecular flexibility index (Phi) is 6.77. The Bertz CT molecular complexity index is 1210. The summed E-state index contributed by atoms with van der Waals surface area (Å²) in [5.74, 6) is 0.102. The number of piperazine rings is 1. The van der Waals surface area contributed by atoms with Crippen LogP contribution in [0, 0.1) is 0 Å². The maximum absolute atomic E-state index is 13.2. The zero-order valence-electron chi connectivity index (χ0n) is 19.5. The molecule has 2 heterocycles. The van der Waals surface area contributed by atoms with E-state index >= 15 is 0 Å². The number of aromatic nitrogens is 1. The standard InChI is InChI=1S/C26H28N4O4/c1-17-16-29(26(33)19-8-5-4-6-9-19)14-15-30(17)25(32)18(2)34-23-11-7-10-21-20(23)12-13-22(28-21)24(31)27-3/h4-13,17-18H,14-16H2,1-3H3,(H,27,31)/t17-,18?/m1/s1. The maximum Gasteiger partial charge on any atom is 0.269 e. The molecule has 0 radical (unpaired) electrons. The van der Waals surface area contributed by atoms with Crippen molar-refractivity contribution in [1.82, 2.24) is 20.1 Å². The lowest BCUT2D eigenvalue weighted by Crippen LogP contribution is -2.57. The molecule has 1 unspecified atom stereocenters. The molecular formula is C26H28N4O4. The normalized spacial score (nSPS) is 16.7. The van der Waals surface area contributed by atoms with Crippen molar-refractivity contribution in [3.8, 4) is 5.75 Å². The fourth-order valence-corrected chi connectivity index (χ4v) is 4.19. The minimum Gasteiger partial charge on any atom is -0.480 e. The van der Waals surface area contributed by atoms with Crippen LogP contribution in [0.25, 0.3) is 10.9 Å². The summed E-state index contributed by atoms with van der Waals surface area (Å²) in [7, 11) is 1.55. The van der Waals surface area contributed by atoms with Gasteiger partial charge in [0.15, 0.2) is 6.10 Å². The number of fused-ring (bicyclic) bond motifs is 1. The van der Waals surface area contributed by atoms with Gasteiger partial charge in [0, 0.05) is 43.7 Å². The highest BCUT2D eigenvalue weighted by Gasteiger charge is 2.33. The lowest BCUT2D eigenvalue weighted by atomic mass is 10.1. The Hall–Kier alpha value is -3.94. The highest BCUT2D eigenvalue weighted by Crippen LogP contribution is 2.26. The van der Waals surface area contributed by atoms with Crippen LogP contribution in [0.1, 0.15) is 34.7 Å². The molecule has 8 nitrogen and oxygen atoms in total. The molecule has 34 heavy (non-hydrogen) atoms. The molecule has 3 amide bonds. The summed E-state index contributed by atoms with van der Waals surface area (Å²) in [6.07, 6.45) is -0.719. The topological polar surface area (TPSA) is 91.8 Å². The van der Waals surface area contributed by atoms with E-state index in [1.807, 2.05) is 25.1 Å². The van der Waals surface area contributed by atoms with Crippen LogP contribution in [0.4, 0.5) is 0 Å². The Balaban J connectivity index is 1.43. The lowest BCUT2D eigenvalue weighted by Gasteiger charge is -2.40. The summed E-state index contributed by atoms with van der Waals surface area (Å²) in [5, 5.41) is 3.28. The average molecular weight is 461 g/mol. The highest BCUT2D eigenvalue weighted by molar-refractivity contribution is 5.96. The number of ether oxygens (including phenoxy) is 1. The molecule has 0 spiro atoms. The third-order valence-electron chi connectivity index (χ3n) is 6.02. The zero-order valence-corrected chi connectivity index (χ0v) is 19.5. The Morgan fingerprint density at radius 3 is 2.50 bits per heavy atom. The first-order valence-corrected chi connectivity index (χ1v) is 11.3. The van der Waals surface area contributed by atoms with E-state index in [2.05, 4.69) is 10.3 Å². The SMILES string of the molecule is CNC(=O)c1ccc2c(OC(C)C(=O)N3CCN(C(=O)c4ccccc4)C[C@H]3C)cccc2n1. The van der Waals surface area contributed by atoms with Crippen LogP contribution in [-0.2, 0) is 4.79 Å². The second kappa shape index (κ2) is 9.91. The predicted octanol–water partition coefficient (Wildman–Crippen LogP) is 2.73. The van der Waals surface area contributed by atoms with Crippen molar-refractivity contribution in [2.45, 2.75) is 26.0 Å². The number of nitrogens with one attached hydrogen (secondary N) is 1. The molecule has 1 N–H and O–H groups in total. The molecule has 1 aliphatic rings. The van der Waals surface area contributed by atoms with Crippen molar-refractivity contribution >= 4 is 28.6 Å². The number of hydrogen-bond acceptors (Lipinski definition) is 5. The third-order valence-corrected chi connectivity index (χ3v) is 6.02. The van der Waals surface area contributed by atoms with Gasteiger partial charge in [0.1, 0.15) is 11.4 Å². The number of hydrogen-bond donors (Lipinski definition) is 1. The number of rotatable bonds is 5.